The summed E-state index contributed by atoms with van der Waals surface area (Å²) in [7, 11) is 0. The zero-order chi connectivity index (χ0) is 11.3. The molecule has 0 bridgehead atoms. The lowest BCUT2D eigenvalue weighted by Gasteiger charge is -1.99. The molecule has 0 atom stereocenters. The van der Waals surface area contributed by atoms with Gasteiger partial charge < -0.3 is 11.5 Å². The van der Waals surface area contributed by atoms with Crippen molar-refractivity contribution in [2.75, 3.05) is 0 Å². The van der Waals surface area contributed by atoms with E-state index < -0.39 is 0 Å². The van der Waals surface area contributed by atoms with Crippen molar-refractivity contribution >= 4 is 23.8 Å². The highest BCUT2D eigenvalue weighted by Crippen LogP contribution is 2.18. The molecular weight excluding hydrogens is 215 g/mol. The zero-order valence-corrected chi connectivity index (χ0v) is 8.96. The summed E-state index contributed by atoms with van der Waals surface area (Å²) in [5, 5.41) is 7.33. The second-order valence-corrected chi connectivity index (χ2v) is 3.45. The van der Waals surface area contributed by atoms with E-state index in [9.17, 15) is 3.89 Å². The van der Waals surface area contributed by atoms with E-state index in [1.807, 2.05) is 0 Å². The third-order valence-electron chi connectivity index (χ3n) is 1.55. The van der Waals surface area contributed by atoms with Crippen LogP contribution in [0.1, 0.15) is 12.5 Å². The molecule has 0 saturated carbocycles. The van der Waals surface area contributed by atoms with E-state index in [2.05, 4.69) is 10.2 Å². The molecule has 15 heavy (non-hydrogen) atoms. The molecule has 4 nitrogen and oxygen atoms in total. The van der Waals surface area contributed by atoms with E-state index in [1.54, 1.807) is 31.2 Å². The molecule has 1 rings (SSSR count). The minimum atomic E-state index is 0.179. The molecule has 0 aliphatic rings. The van der Waals surface area contributed by atoms with Gasteiger partial charge in [0.05, 0.1) is 12.1 Å². The van der Waals surface area contributed by atoms with Crippen LogP contribution in [0.5, 0.6) is 0 Å². The summed E-state index contributed by atoms with van der Waals surface area (Å²) in [5.74, 6) is 0.573. The maximum Gasteiger partial charge on any atom is 0.153 e. The lowest BCUT2D eigenvalue weighted by atomic mass is 10.2. The number of rotatable bonds is 3. The first-order chi connectivity index (χ1) is 7.13. The number of nitrogens with zero attached hydrogens (tertiary/aromatic N) is 2. The molecule has 6 heteroatoms. The molecule has 0 spiro atoms. The molecule has 0 saturated heterocycles. The predicted octanol–water partition coefficient (Wildman–Crippen LogP) is 1.66. The van der Waals surface area contributed by atoms with E-state index >= 15 is 0 Å². The Morgan fingerprint density at radius 2 is 1.80 bits per heavy atom. The average Bonchev–Trinajstić information content (AvgIpc) is 2.26. The molecule has 4 N–H and O–H groups in total. The topological polar surface area (TPSA) is 76.8 Å². The Balaban J connectivity index is 2.87. The quantitative estimate of drug-likeness (QED) is 0.467. The van der Waals surface area contributed by atoms with Gasteiger partial charge >= 0.3 is 0 Å². The largest absolute Gasteiger partial charge is 0.386 e. The first-order valence-electron chi connectivity index (χ1n) is 4.15. The third-order valence-corrected chi connectivity index (χ3v) is 2.00. The molecule has 0 aliphatic carbocycles. The van der Waals surface area contributed by atoms with Gasteiger partial charge in [0.2, 0.25) is 0 Å². The summed E-state index contributed by atoms with van der Waals surface area (Å²) in [5.41, 5.74) is 11.6. The number of halogens is 1. The summed E-state index contributed by atoms with van der Waals surface area (Å²) < 4.78 is 12.1. The van der Waals surface area contributed by atoms with Crippen LogP contribution >= 0.6 is 12.1 Å². The van der Waals surface area contributed by atoms with Crippen molar-refractivity contribution in [3.05, 3.63) is 29.8 Å². The van der Waals surface area contributed by atoms with Crippen molar-refractivity contribution < 1.29 is 3.89 Å². The molecule has 80 valence electrons. The first-order valence-corrected chi connectivity index (χ1v) is 4.87. The number of amidine groups is 2. The van der Waals surface area contributed by atoms with Gasteiger partial charge in [-0.05, 0) is 19.1 Å². The monoisotopic (exact) mass is 226 g/mol. The van der Waals surface area contributed by atoms with Gasteiger partial charge in [0.15, 0.2) is 5.84 Å². The Morgan fingerprint density at radius 1 is 1.20 bits per heavy atom. The van der Waals surface area contributed by atoms with Crippen LogP contribution in [-0.4, -0.2) is 11.7 Å². The summed E-state index contributed by atoms with van der Waals surface area (Å²) in [4.78, 5) is 0.519. The number of benzene rings is 1. The van der Waals surface area contributed by atoms with Crippen molar-refractivity contribution in [3.8, 4) is 0 Å². The molecule has 0 aromatic heterocycles. The van der Waals surface area contributed by atoms with Crippen LogP contribution in [0.25, 0.3) is 0 Å². The minimum Gasteiger partial charge on any atom is -0.386 e. The fourth-order valence-electron chi connectivity index (χ4n) is 0.868. The predicted molar refractivity (Wildman–Crippen MR) is 61.4 cm³/mol. The Morgan fingerprint density at radius 3 is 2.27 bits per heavy atom. The first kappa shape index (κ1) is 11.5. The fourth-order valence-corrected chi connectivity index (χ4v) is 1.11. The second-order valence-electron chi connectivity index (χ2n) is 2.83. The normalized spacial score (nSPS) is 12.9. The highest BCUT2D eigenvalue weighted by molar-refractivity contribution is 7.94. The number of hydrogen-bond acceptors (Lipinski definition) is 3. The lowest BCUT2D eigenvalue weighted by Crippen LogP contribution is -2.13. The van der Waals surface area contributed by atoms with Gasteiger partial charge in [-0.25, -0.2) is 0 Å². The van der Waals surface area contributed by atoms with Crippen molar-refractivity contribution in [1.82, 2.24) is 0 Å². The van der Waals surface area contributed by atoms with Gasteiger partial charge in [0, 0.05) is 10.5 Å². The third kappa shape index (κ3) is 3.59. The maximum absolute atomic E-state index is 12.1. The maximum atomic E-state index is 12.1. The van der Waals surface area contributed by atoms with Crippen LogP contribution in [-0.2, 0) is 0 Å². The van der Waals surface area contributed by atoms with Gasteiger partial charge in [-0.15, -0.1) is 10.2 Å². The van der Waals surface area contributed by atoms with Crippen molar-refractivity contribution in [3.63, 3.8) is 0 Å². The van der Waals surface area contributed by atoms with Crippen LogP contribution in [0.2, 0.25) is 0 Å². The molecular formula is C9H11FN4S. The van der Waals surface area contributed by atoms with Gasteiger partial charge in [-0.1, -0.05) is 12.1 Å². The van der Waals surface area contributed by atoms with Gasteiger partial charge in [-0.2, -0.15) is 3.89 Å². The van der Waals surface area contributed by atoms with Crippen LogP contribution in [0.4, 0.5) is 3.89 Å². The molecule has 0 heterocycles. The summed E-state index contributed by atoms with van der Waals surface area (Å²) >= 11 is 0.179. The fraction of sp³-hybridized carbons (Fsp3) is 0.111. The highest BCUT2D eigenvalue weighted by Gasteiger charge is 1.98. The molecule has 0 radical (unpaired) electrons. The molecule has 0 amide bonds. The van der Waals surface area contributed by atoms with Gasteiger partial charge in [0.1, 0.15) is 5.84 Å². The van der Waals surface area contributed by atoms with E-state index in [0.29, 0.717) is 16.3 Å². The van der Waals surface area contributed by atoms with Gasteiger partial charge in [-0.3, -0.25) is 0 Å². The van der Waals surface area contributed by atoms with Crippen molar-refractivity contribution in [2.45, 2.75) is 11.8 Å². The minimum absolute atomic E-state index is 0.179. The van der Waals surface area contributed by atoms with Crippen molar-refractivity contribution in [2.24, 2.45) is 21.7 Å². The molecule has 1 aromatic rings. The SMILES string of the molecule is C/C(N)=N/N=C(\N)c1ccc(SF)cc1. The summed E-state index contributed by atoms with van der Waals surface area (Å²) in [6, 6.07) is 6.56. The standard InChI is InChI=1S/C9H11FN4S/c1-6(11)13-14-9(12)7-2-4-8(15-10)5-3-7/h2-5H,1H3,(H2,11,13)(H2,12,14). The molecule has 0 fully saturated rings. The van der Waals surface area contributed by atoms with Crippen LogP contribution < -0.4 is 11.5 Å². The Labute approximate surface area is 91.6 Å². The zero-order valence-electron chi connectivity index (χ0n) is 8.14. The molecule has 1 aromatic carbocycles. The Hall–Kier alpha value is -1.56. The van der Waals surface area contributed by atoms with Gasteiger partial charge in [0.25, 0.3) is 0 Å². The Kier molecular flexibility index (Phi) is 4.11. The lowest BCUT2D eigenvalue weighted by molar-refractivity contribution is 0.934. The smallest absolute Gasteiger partial charge is 0.153 e. The van der Waals surface area contributed by atoms with Crippen LogP contribution in [0.15, 0.2) is 39.4 Å². The van der Waals surface area contributed by atoms with E-state index in [0.717, 1.165) is 0 Å². The molecule has 0 unspecified atom stereocenters. The second kappa shape index (κ2) is 5.35. The summed E-state index contributed by atoms with van der Waals surface area (Å²) in [6.07, 6.45) is 0. The molecule has 0 aliphatic heterocycles. The average molecular weight is 226 g/mol. The summed E-state index contributed by atoms with van der Waals surface area (Å²) in [6.45, 7) is 1.61. The van der Waals surface area contributed by atoms with Crippen LogP contribution in [0, 0.1) is 0 Å². The van der Waals surface area contributed by atoms with Crippen LogP contribution in [0.3, 0.4) is 0 Å². The van der Waals surface area contributed by atoms with E-state index in [4.69, 9.17) is 11.5 Å². The van der Waals surface area contributed by atoms with E-state index in [1.165, 1.54) is 0 Å². The number of hydrogen-bond donors (Lipinski definition) is 2. The number of nitrogens with two attached hydrogens (primary N) is 2. The van der Waals surface area contributed by atoms with E-state index in [-0.39, 0.29) is 18.0 Å². The highest BCUT2D eigenvalue weighted by atomic mass is 32.2. The van der Waals surface area contributed by atoms with Crippen molar-refractivity contribution in [1.29, 1.82) is 0 Å². The Bertz CT molecular complexity index is 382.